The molecule has 0 radical (unpaired) electrons. The fraction of sp³-hybridized carbons (Fsp3) is 0.143. The van der Waals surface area contributed by atoms with Crippen molar-refractivity contribution in [2.24, 2.45) is 0 Å². The predicted octanol–water partition coefficient (Wildman–Crippen LogP) is 3.56. The fourth-order valence-corrected chi connectivity index (χ4v) is 3.09. The third-order valence-electron chi connectivity index (χ3n) is 4.52. The van der Waals surface area contributed by atoms with Crippen LogP contribution >= 0.6 is 0 Å². The minimum Gasteiger partial charge on any atom is -0.494 e. The van der Waals surface area contributed by atoms with E-state index in [4.69, 9.17) is 9.72 Å². The molecular weight excluding hydrogens is 354 g/mol. The standard InChI is InChI=1S/C21H19N5O2/c1-13(15-10-19(27)26-23-11-15)24-18-12-22-20-16(14-6-4-3-5-7-14)8-9-17(28-2)21(20)25-18/h3-13H,1-2H3,(H,24,25)(H,26,27). The lowest BCUT2D eigenvalue weighted by Crippen LogP contribution is -2.14. The molecular formula is C21H19N5O2. The van der Waals surface area contributed by atoms with Crippen LogP contribution in [0.15, 0.2) is 65.7 Å². The monoisotopic (exact) mass is 373 g/mol. The molecule has 4 rings (SSSR count). The van der Waals surface area contributed by atoms with Crippen molar-refractivity contribution in [3.8, 4) is 16.9 Å². The van der Waals surface area contributed by atoms with Gasteiger partial charge in [-0.2, -0.15) is 5.10 Å². The van der Waals surface area contributed by atoms with Gasteiger partial charge in [-0.1, -0.05) is 30.3 Å². The Kier molecular flexibility index (Phi) is 4.72. The number of nitrogens with zero attached hydrogens (tertiary/aromatic N) is 3. The molecule has 0 fully saturated rings. The second-order valence-electron chi connectivity index (χ2n) is 6.38. The van der Waals surface area contributed by atoms with Crippen molar-refractivity contribution < 1.29 is 4.74 Å². The molecule has 0 aliphatic carbocycles. The molecule has 2 aromatic carbocycles. The maximum atomic E-state index is 11.5. The van der Waals surface area contributed by atoms with Crippen LogP contribution in [-0.2, 0) is 0 Å². The molecule has 0 saturated carbocycles. The average Bonchev–Trinajstić information content (AvgIpc) is 2.73. The van der Waals surface area contributed by atoms with Crippen molar-refractivity contribution in [1.82, 2.24) is 20.2 Å². The Bertz CT molecular complexity index is 1170. The van der Waals surface area contributed by atoms with Crippen molar-refractivity contribution in [3.05, 3.63) is 76.8 Å². The number of aromatic nitrogens is 4. The topological polar surface area (TPSA) is 92.8 Å². The fourth-order valence-electron chi connectivity index (χ4n) is 3.09. The maximum absolute atomic E-state index is 11.5. The Morgan fingerprint density at radius 2 is 1.89 bits per heavy atom. The minimum absolute atomic E-state index is 0.162. The van der Waals surface area contributed by atoms with Gasteiger partial charge in [0.15, 0.2) is 0 Å². The lowest BCUT2D eigenvalue weighted by molar-refractivity contribution is 0.419. The number of hydrogen-bond donors (Lipinski definition) is 2. The summed E-state index contributed by atoms with van der Waals surface area (Å²) in [7, 11) is 1.61. The molecule has 2 aromatic heterocycles. The smallest absolute Gasteiger partial charge is 0.264 e. The zero-order valence-corrected chi connectivity index (χ0v) is 15.5. The molecule has 0 amide bonds. The van der Waals surface area contributed by atoms with Crippen LogP contribution in [0, 0.1) is 0 Å². The summed E-state index contributed by atoms with van der Waals surface area (Å²) >= 11 is 0. The van der Waals surface area contributed by atoms with Gasteiger partial charge >= 0.3 is 0 Å². The van der Waals surface area contributed by atoms with Crippen LogP contribution in [0.5, 0.6) is 5.75 Å². The minimum atomic E-state index is -0.245. The summed E-state index contributed by atoms with van der Waals surface area (Å²) in [5.74, 6) is 1.24. The van der Waals surface area contributed by atoms with E-state index in [2.05, 4.69) is 20.5 Å². The van der Waals surface area contributed by atoms with E-state index in [9.17, 15) is 4.79 Å². The molecule has 28 heavy (non-hydrogen) atoms. The first-order valence-electron chi connectivity index (χ1n) is 8.86. The van der Waals surface area contributed by atoms with Gasteiger partial charge in [0.2, 0.25) is 0 Å². The summed E-state index contributed by atoms with van der Waals surface area (Å²) in [6.45, 7) is 1.93. The summed E-state index contributed by atoms with van der Waals surface area (Å²) < 4.78 is 5.49. The van der Waals surface area contributed by atoms with Gasteiger partial charge in [0.05, 0.1) is 25.5 Å². The van der Waals surface area contributed by atoms with Crippen molar-refractivity contribution in [2.75, 3.05) is 12.4 Å². The molecule has 2 heterocycles. The summed E-state index contributed by atoms with van der Waals surface area (Å²) in [4.78, 5) is 20.8. The molecule has 0 spiro atoms. The van der Waals surface area contributed by atoms with E-state index < -0.39 is 0 Å². The summed E-state index contributed by atoms with van der Waals surface area (Å²) in [5.41, 5.74) is 4.00. The van der Waals surface area contributed by atoms with Crippen LogP contribution in [0.4, 0.5) is 5.82 Å². The highest BCUT2D eigenvalue weighted by atomic mass is 16.5. The Morgan fingerprint density at radius 1 is 1.07 bits per heavy atom. The van der Waals surface area contributed by atoms with Crippen molar-refractivity contribution in [2.45, 2.75) is 13.0 Å². The van der Waals surface area contributed by atoms with Gasteiger partial charge in [-0.25, -0.2) is 15.1 Å². The van der Waals surface area contributed by atoms with E-state index in [0.717, 1.165) is 22.2 Å². The van der Waals surface area contributed by atoms with Gasteiger partial charge in [0, 0.05) is 11.6 Å². The number of methoxy groups -OCH3 is 1. The number of benzene rings is 2. The van der Waals surface area contributed by atoms with Crippen LogP contribution in [0.25, 0.3) is 22.2 Å². The van der Waals surface area contributed by atoms with E-state index in [-0.39, 0.29) is 11.6 Å². The average molecular weight is 373 g/mol. The number of hydrogen-bond acceptors (Lipinski definition) is 6. The van der Waals surface area contributed by atoms with Gasteiger partial charge in [-0.05, 0) is 30.2 Å². The molecule has 140 valence electrons. The highest BCUT2D eigenvalue weighted by Crippen LogP contribution is 2.33. The molecule has 0 aliphatic rings. The van der Waals surface area contributed by atoms with Crippen LogP contribution in [0.3, 0.4) is 0 Å². The molecule has 4 aromatic rings. The zero-order chi connectivity index (χ0) is 19.5. The first-order valence-corrected chi connectivity index (χ1v) is 8.86. The van der Waals surface area contributed by atoms with Crippen molar-refractivity contribution >= 4 is 16.9 Å². The number of H-pyrrole nitrogens is 1. The summed E-state index contributed by atoms with van der Waals surface area (Å²) in [6, 6.07) is 15.3. The van der Waals surface area contributed by atoms with Gasteiger partial charge in [-0.15, -0.1) is 0 Å². The summed E-state index contributed by atoms with van der Waals surface area (Å²) in [5, 5.41) is 9.48. The quantitative estimate of drug-likeness (QED) is 0.556. The van der Waals surface area contributed by atoms with Crippen LogP contribution < -0.4 is 15.6 Å². The Hall–Kier alpha value is -3.74. The van der Waals surface area contributed by atoms with Crippen LogP contribution in [0.2, 0.25) is 0 Å². The van der Waals surface area contributed by atoms with Gasteiger partial charge < -0.3 is 10.1 Å². The van der Waals surface area contributed by atoms with E-state index in [1.807, 2.05) is 49.4 Å². The largest absolute Gasteiger partial charge is 0.494 e. The zero-order valence-electron chi connectivity index (χ0n) is 15.5. The molecule has 1 unspecified atom stereocenters. The number of anilines is 1. The number of fused-ring (bicyclic) bond motifs is 1. The van der Waals surface area contributed by atoms with Gasteiger partial charge in [-0.3, -0.25) is 4.79 Å². The van der Waals surface area contributed by atoms with Gasteiger partial charge in [0.1, 0.15) is 22.6 Å². The molecule has 0 saturated heterocycles. The second-order valence-corrected chi connectivity index (χ2v) is 6.38. The van der Waals surface area contributed by atoms with E-state index in [1.54, 1.807) is 19.5 Å². The number of ether oxygens (including phenoxy) is 1. The molecule has 1 atom stereocenters. The molecule has 7 heteroatoms. The predicted molar refractivity (Wildman–Crippen MR) is 108 cm³/mol. The SMILES string of the molecule is COc1ccc(-c2ccccc2)c2ncc(NC(C)c3cn[nH]c(=O)c3)nc12. The lowest BCUT2D eigenvalue weighted by atomic mass is 10.0. The first-order chi connectivity index (χ1) is 13.7. The Morgan fingerprint density at radius 3 is 2.64 bits per heavy atom. The maximum Gasteiger partial charge on any atom is 0.264 e. The normalized spacial score (nSPS) is 11.9. The lowest BCUT2D eigenvalue weighted by Gasteiger charge is -2.15. The van der Waals surface area contributed by atoms with Crippen molar-refractivity contribution in [1.29, 1.82) is 0 Å². The number of aromatic amines is 1. The van der Waals surface area contributed by atoms with E-state index in [1.165, 1.54) is 6.07 Å². The van der Waals surface area contributed by atoms with Crippen molar-refractivity contribution in [3.63, 3.8) is 0 Å². The molecule has 7 nitrogen and oxygen atoms in total. The third-order valence-corrected chi connectivity index (χ3v) is 4.52. The first kappa shape index (κ1) is 17.7. The van der Waals surface area contributed by atoms with E-state index >= 15 is 0 Å². The van der Waals surface area contributed by atoms with Crippen LogP contribution in [-0.4, -0.2) is 27.3 Å². The summed E-state index contributed by atoms with van der Waals surface area (Å²) in [6.07, 6.45) is 3.30. The van der Waals surface area contributed by atoms with E-state index in [0.29, 0.717) is 17.1 Å². The number of nitrogens with one attached hydrogen (secondary N) is 2. The number of rotatable bonds is 5. The molecule has 0 aliphatic heterocycles. The van der Waals surface area contributed by atoms with Gasteiger partial charge in [0.25, 0.3) is 5.56 Å². The highest BCUT2D eigenvalue weighted by Gasteiger charge is 2.14. The Balaban J connectivity index is 1.75. The Labute approximate surface area is 161 Å². The van der Waals surface area contributed by atoms with Crippen LogP contribution in [0.1, 0.15) is 18.5 Å². The molecule has 2 N–H and O–H groups in total. The molecule has 0 bridgehead atoms. The third kappa shape index (κ3) is 3.42. The second kappa shape index (κ2) is 7.48. The highest BCUT2D eigenvalue weighted by molar-refractivity contribution is 5.95.